The zero-order valence-electron chi connectivity index (χ0n) is 15.1. The summed E-state index contributed by atoms with van der Waals surface area (Å²) in [7, 11) is -0.911. The Morgan fingerprint density at radius 3 is 2.63 bits per heavy atom. The maximum absolute atomic E-state index is 12.8. The molecular formula is C18H20N2O5S2. The molecule has 1 unspecified atom stereocenters. The fourth-order valence-electron chi connectivity index (χ4n) is 2.53. The predicted octanol–water partition coefficient (Wildman–Crippen LogP) is 3.18. The third-order valence-corrected chi connectivity index (χ3v) is 6.81. The van der Waals surface area contributed by atoms with Crippen LogP contribution in [0.5, 0.6) is 11.5 Å². The average Bonchev–Trinajstić information content (AvgIpc) is 2.80. The highest BCUT2D eigenvalue weighted by atomic mass is 32.2. The molecule has 2 aromatic carbocycles. The number of thioether (sulfide) groups is 1. The minimum atomic E-state index is -3.87. The van der Waals surface area contributed by atoms with Gasteiger partial charge in [0, 0.05) is 22.6 Å². The molecule has 0 radical (unpaired) electrons. The molecule has 0 saturated carbocycles. The quantitative estimate of drug-likeness (QED) is 0.789. The minimum Gasteiger partial charge on any atom is -0.497 e. The zero-order chi connectivity index (χ0) is 19.6. The summed E-state index contributed by atoms with van der Waals surface area (Å²) in [5, 5.41) is 2.79. The first kappa shape index (κ1) is 19.4. The van der Waals surface area contributed by atoms with E-state index >= 15 is 0 Å². The zero-order valence-corrected chi connectivity index (χ0v) is 16.7. The van der Waals surface area contributed by atoms with Gasteiger partial charge in [-0.25, -0.2) is 8.42 Å². The lowest BCUT2D eigenvalue weighted by Crippen LogP contribution is -2.20. The number of amides is 1. The van der Waals surface area contributed by atoms with E-state index in [0.717, 1.165) is 4.90 Å². The highest BCUT2D eigenvalue weighted by Crippen LogP contribution is 2.35. The lowest BCUT2D eigenvalue weighted by molar-refractivity contribution is -0.118. The Balaban J connectivity index is 1.92. The Morgan fingerprint density at radius 2 is 1.93 bits per heavy atom. The number of nitrogens with one attached hydrogen (secondary N) is 2. The van der Waals surface area contributed by atoms with Crippen molar-refractivity contribution in [2.45, 2.75) is 16.7 Å². The van der Waals surface area contributed by atoms with E-state index in [9.17, 15) is 13.2 Å². The van der Waals surface area contributed by atoms with Crippen molar-refractivity contribution in [2.24, 2.45) is 5.92 Å². The molecular weight excluding hydrogens is 388 g/mol. The Labute approximate surface area is 162 Å². The number of carbonyl (C=O) groups is 1. The van der Waals surface area contributed by atoms with E-state index in [0.29, 0.717) is 28.6 Å². The van der Waals surface area contributed by atoms with Crippen molar-refractivity contribution in [3.05, 3.63) is 36.4 Å². The monoisotopic (exact) mass is 408 g/mol. The summed E-state index contributed by atoms with van der Waals surface area (Å²) < 4.78 is 38.5. The van der Waals surface area contributed by atoms with Crippen LogP contribution in [0, 0.1) is 5.92 Å². The molecule has 0 spiro atoms. The van der Waals surface area contributed by atoms with Gasteiger partial charge in [0.05, 0.1) is 30.5 Å². The molecule has 1 aliphatic rings. The van der Waals surface area contributed by atoms with Crippen LogP contribution in [0.2, 0.25) is 0 Å². The molecule has 1 amide bonds. The first-order valence-corrected chi connectivity index (χ1v) is 10.6. The number of methoxy groups -OCH3 is 2. The second kappa shape index (κ2) is 7.69. The lowest BCUT2D eigenvalue weighted by atomic mass is 10.2. The molecule has 1 aliphatic heterocycles. The summed E-state index contributed by atoms with van der Waals surface area (Å²) in [5.41, 5.74) is 0.791. The van der Waals surface area contributed by atoms with Gasteiger partial charge in [-0.15, -0.1) is 11.8 Å². The van der Waals surface area contributed by atoms with Crippen LogP contribution < -0.4 is 19.5 Å². The number of anilines is 2. The molecule has 1 atom stereocenters. The van der Waals surface area contributed by atoms with Crippen molar-refractivity contribution >= 4 is 39.1 Å². The maximum Gasteiger partial charge on any atom is 0.262 e. The van der Waals surface area contributed by atoms with Gasteiger partial charge in [-0.2, -0.15) is 0 Å². The third-order valence-electron chi connectivity index (χ3n) is 4.11. The van der Waals surface area contributed by atoms with E-state index in [1.54, 1.807) is 24.3 Å². The fraction of sp³-hybridized carbons (Fsp3) is 0.278. The fourth-order valence-corrected chi connectivity index (χ4v) is 4.64. The van der Waals surface area contributed by atoms with Crippen molar-refractivity contribution in [3.63, 3.8) is 0 Å². The second-order valence-corrected chi connectivity index (χ2v) is 8.78. The molecule has 0 saturated heterocycles. The standard InChI is InChI=1S/C18H20N2O5S2/c1-11-10-26-17-7-5-13(9-15(17)19-18(11)21)27(22,23)20-14-6-4-12(24-2)8-16(14)25-3/h4-9,11,20H,10H2,1-3H3,(H,19,21). The van der Waals surface area contributed by atoms with Crippen LogP contribution in [-0.4, -0.2) is 34.3 Å². The molecule has 2 N–H and O–H groups in total. The molecule has 0 bridgehead atoms. The molecule has 7 nitrogen and oxygen atoms in total. The largest absolute Gasteiger partial charge is 0.497 e. The third kappa shape index (κ3) is 4.14. The number of sulfonamides is 1. The summed E-state index contributed by atoms with van der Waals surface area (Å²) in [4.78, 5) is 12.9. The predicted molar refractivity (Wildman–Crippen MR) is 105 cm³/mol. The van der Waals surface area contributed by atoms with Crippen LogP contribution in [0.4, 0.5) is 11.4 Å². The first-order valence-electron chi connectivity index (χ1n) is 8.16. The van der Waals surface area contributed by atoms with E-state index in [-0.39, 0.29) is 16.7 Å². The minimum absolute atomic E-state index is 0.0505. The van der Waals surface area contributed by atoms with Gasteiger partial charge < -0.3 is 14.8 Å². The van der Waals surface area contributed by atoms with Gasteiger partial charge >= 0.3 is 0 Å². The van der Waals surface area contributed by atoms with Crippen LogP contribution in [0.3, 0.4) is 0 Å². The van der Waals surface area contributed by atoms with Gasteiger partial charge in [-0.3, -0.25) is 9.52 Å². The molecule has 3 rings (SSSR count). The van der Waals surface area contributed by atoms with Crippen molar-refractivity contribution in [1.82, 2.24) is 0 Å². The smallest absolute Gasteiger partial charge is 0.262 e. The molecule has 2 aromatic rings. The van der Waals surface area contributed by atoms with E-state index < -0.39 is 10.0 Å². The molecule has 0 fully saturated rings. The summed E-state index contributed by atoms with van der Waals surface area (Å²) in [5.74, 6) is 1.26. The highest BCUT2D eigenvalue weighted by Gasteiger charge is 2.23. The molecule has 9 heteroatoms. The SMILES string of the molecule is COc1ccc(NS(=O)(=O)c2ccc3c(c2)NC(=O)C(C)CS3)c(OC)c1. The molecule has 144 valence electrons. The number of fused-ring (bicyclic) bond motifs is 1. The Morgan fingerprint density at radius 1 is 1.15 bits per heavy atom. The Hall–Kier alpha value is -2.39. The number of hydrogen-bond acceptors (Lipinski definition) is 6. The van der Waals surface area contributed by atoms with Gasteiger partial charge in [0.25, 0.3) is 10.0 Å². The van der Waals surface area contributed by atoms with Crippen LogP contribution >= 0.6 is 11.8 Å². The summed E-state index contributed by atoms with van der Waals surface area (Å²) in [6.07, 6.45) is 0. The number of ether oxygens (including phenoxy) is 2. The van der Waals surface area contributed by atoms with Crippen LogP contribution in [0.1, 0.15) is 6.92 Å². The molecule has 0 aromatic heterocycles. The summed E-state index contributed by atoms with van der Waals surface area (Å²) >= 11 is 1.52. The van der Waals surface area contributed by atoms with Gasteiger partial charge in [0.15, 0.2) is 0 Å². The highest BCUT2D eigenvalue weighted by molar-refractivity contribution is 7.99. The van der Waals surface area contributed by atoms with E-state index in [1.807, 2.05) is 6.92 Å². The number of carbonyl (C=O) groups excluding carboxylic acids is 1. The van der Waals surface area contributed by atoms with Crippen LogP contribution in [0.15, 0.2) is 46.2 Å². The van der Waals surface area contributed by atoms with E-state index in [1.165, 1.54) is 38.1 Å². The topological polar surface area (TPSA) is 93.7 Å². The van der Waals surface area contributed by atoms with Crippen LogP contribution in [0.25, 0.3) is 0 Å². The number of hydrogen-bond donors (Lipinski definition) is 2. The van der Waals surface area contributed by atoms with E-state index in [4.69, 9.17) is 9.47 Å². The second-order valence-electron chi connectivity index (χ2n) is 6.03. The molecule has 27 heavy (non-hydrogen) atoms. The van der Waals surface area contributed by atoms with Crippen molar-refractivity contribution < 1.29 is 22.7 Å². The van der Waals surface area contributed by atoms with Crippen LogP contribution in [-0.2, 0) is 14.8 Å². The average molecular weight is 409 g/mol. The first-order chi connectivity index (χ1) is 12.8. The Bertz CT molecular complexity index is 976. The van der Waals surface area contributed by atoms with Gasteiger partial charge in [-0.1, -0.05) is 6.92 Å². The van der Waals surface area contributed by atoms with Crippen molar-refractivity contribution in [1.29, 1.82) is 0 Å². The molecule has 0 aliphatic carbocycles. The summed E-state index contributed by atoms with van der Waals surface area (Å²) in [6.45, 7) is 1.84. The van der Waals surface area contributed by atoms with Gasteiger partial charge in [-0.05, 0) is 30.3 Å². The normalized spacial score (nSPS) is 16.7. The maximum atomic E-state index is 12.8. The van der Waals surface area contributed by atoms with Crippen molar-refractivity contribution in [3.8, 4) is 11.5 Å². The van der Waals surface area contributed by atoms with Gasteiger partial charge in [0.1, 0.15) is 11.5 Å². The van der Waals surface area contributed by atoms with Crippen molar-refractivity contribution in [2.75, 3.05) is 30.0 Å². The van der Waals surface area contributed by atoms with E-state index in [2.05, 4.69) is 10.0 Å². The van der Waals surface area contributed by atoms with Gasteiger partial charge in [0.2, 0.25) is 5.91 Å². The Kier molecular flexibility index (Phi) is 5.52. The lowest BCUT2D eigenvalue weighted by Gasteiger charge is -2.14. The number of benzene rings is 2. The summed E-state index contributed by atoms with van der Waals surface area (Å²) in [6, 6.07) is 9.49. The molecule has 1 heterocycles. The number of rotatable bonds is 5.